The number of nitrogens with zero attached hydrogens (tertiary/aromatic N) is 1. The minimum Gasteiger partial charge on any atom is -0.320 e. The van der Waals surface area contributed by atoms with E-state index in [-0.39, 0.29) is 19.0 Å². The van der Waals surface area contributed by atoms with Gasteiger partial charge in [0.05, 0.1) is 6.54 Å². The lowest BCUT2D eigenvalue weighted by Gasteiger charge is -2.31. The van der Waals surface area contributed by atoms with E-state index in [1.807, 2.05) is 0 Å². The standard InChI is InChI=1S/C15H15N3O3/c1-10-14(20)17-13(19)9-18(10)15(21)12-6-4-11(5-7-12)3-2-8-16/h4-7,10H,8-9,16H2,1H3,(H,17,19,20). The molecule has 1 aromatic rings. The van der Waals surface area contributed by atoms with Gasteiger partial charge in [0.25, 0.3) is 5.91 Å². The summed E-state index contributed by atoms with van der Waals surface area (Å²) in [5.41, 5.74) is 6.44. The van der Waals surface area contributed by atoms with Crippen LogP contribution in [0, 0.1) is 11.8 Å². The van der Waals surface area contributed by atoms with Crippen LogP contribution in [0.5, 0.6) is 0 Å². The van der Waals surface area contributed by atoms with E-state index < -0.39 is 17.9 Å². The molecule has 1 atom stereocenters. The predicted molar refractivity (Wildman–Crippen MR) is 76.0 cm³/mol. The van der Waals surface area contributed by atoms with Crippen molar-refractivity contribution in [3.8, 4) is 11.8 Å². The van der Waals surface area contributed by atoms with Gasteiger partial charge in [-0.05, 0) is 31.2 Å². The van der Waals surface area contributed by atoms with Crippen LogP contribution >= 0.6 is 0 Å². The molecule has 1 aliphatic heterocycles. The molecule has 3 amide bonds. The van der Waals surface area contributed by atoms with Gasteiger partial charge in [0.15, 0.2) is 0 Å². The number of amides is 3. The Labute approximate surface area is 122 Å². The molecule has 2 rings (SSSR count). The van der Waals surface area contributed by atoms with Gasteiger partial charge < -0.3 is 10.6 Å². The molecule has 3 N–H and O–H groups in total. The second-order valence-corrected chi connectivity index (χ2v) is 4.60. The van der Waals surface area contributed by atoms with Gasteiger partial charge in [0.1, 0.15) is 12.6 Å². The third-order valence-electron chi connectivity index (χ3n) is 3.15. The SMILES string of the molecule is CC1C(=O)NC(=O)CN1C(=O)c1ccc(C#CCN)cc1. The Morgan fingerprint density at radius 1 is 1.38 bits per heavy atom. The summed E-state index contributed by atoms with van der Waals surface area (Å²) in [4.78, 5) is 36.6. The molecule has 1 unspecified atom stereocenters. The molecule has 1 fully saturated rings. The van der Waals surface area contributed by atoms with Crippen LogP contribution in [0.1, 0.15) is 22.8 Å². The van der Waals surface area contributed by atoms with Crippen LogP contribution in [-0.4, -0.2) is 41.8 Å². The smallest absolute Gasteiger partial charge is 0.254 e. The summed E-state index contributed by atoms with van der Waals surface area (Å²) in [6.07, 6.45) is 0. The van der Waals surface area contributed by atoms with E-state index in [1.54, 1.807) is 31.2 Å². The summed E-state index contributed by atoms with van der Waals surface area (Å²) >= 11 is 0. The highest BCUT2D eigenvalue weighted by molar-refractivity contribution is 6.07. The van der Waals surface area contributed by atoms with Gasteiger partial charge in [-0.1, -0.05) is 11.8 Å². The Kier molecular flexibility index (Phi) is 4.36. The van der Waals surface area contributed by atoms with Crippen molar-refractivity contribution in [2.24, 2.45) is 5.73 Å². The highest BCUT2D eigenvalue weighted by Crippen LogP contribution is 2.12. The topological polar surface area (TPSA) is 92.5 Å². The zero-order valence-corrected chi connectivity index (χ0v) is 11.6. The van der Waals surface area contributed by atoms with Crippen LogP contribution in [0.3, 0.4) is 0 Å². The molecule has 0 aliphatic carbocycles. The van der Waals surface area contributed by atoms with Crippen LogP contribution in [0.15, 0.2) is 24.3 Å². The minimum absolute atomic E-state index is 0.125. The number of piperazine rings is 1. The van der Waals surface area contributed by atoms with E-state index in [0.29, 0.717) is 5.56 Å². The van der Waals surface area contributed by atoms with Crippen molar-refractivity contribution in [3.63, 3.8) is 0 Å². The number of carbonyl (C=O) groups excluding carboxylic acids is 3. The van der Waals surface area contributed by atoms with Gasteiger partial charge in [-0.15, -0.1) is 0 Å². The summed E-state index contributed by atoms with van der Waals surface area (Å²) < 4.78 is 0. The maximum Gasteiger partial charge on any atom is 0.254 e. The van der Waals surface area contributed by atoms with Crippen molar-refractivity contribution in [3.05, 3.63) is 35.4 Å². The molecule has 6 nitrogen and oxygen atoms in total. The van der Waals surface area contributed by atoms with Gasteiger partial charge >= 0.3 is 0 Å². The van der Waals surface area contributed by atoms with E-state index in [0.717, 1.165) is 5.56 Å². The van der Waals surface area contributed by atoms with E-state index in [9.17, 15) is 14.4 Å². The number of rotatable bonds is 1. The maximum absolute atomic E-state index is 12.4. The van der Waals surface area contributed by atoms with Gasteiger partial charge in [-0.3, -0.25) is 19.7 Å². The van der Waals surface area contributed by atoms with Crippen molar-refractivity contribution < 1.29 is 14.4 Å². The Morgan fingerprint density at radius 3 is 2.67 bits per heavy atom. The van der Waals surface area contributed by atoms with Crippen molar-refractivity contribution in [2.45, 2.75) is 13.0 Å². The van der Waals surface area contributed by atoms with Crippen molar-refractivity contribution in [1.29, 1.82) is 0 Å². The number of benzene rings is 1. The number of imide groups is 1. The maximum atomic E-state index is 12.4. The van der Waals surface area contributed by atoms with Gasteiger partial charge in [0.2, 0.25) is 11.8 Å². The van der Waals surface area contributed by atoms with Crippen LogP contribution in [0.25, 0.3) is 0 Å². The molecule has 0 spiro atoms. The first-order chi connectivity index (χ1) is 10.0. The molecule has 1 aliphatic rings. The van der Waals surface area contributed by atoms with Crippen molar-refractivity contribution in [2.75, 3.05) is 13.1 Å². The molecule has 0 bridgehead atoms. The average molecular weight is 285 g/mol. The lowest BCUT2D eigenvalue weighted by atomic mass is 10.1. The van der Waals surface area contributed by atoms with E-state index in [1.165, 1.54) is 4.90 Å². The fourth-order valence-electron chi connectivity index (χ4n) is 1.98. The van der Waals surface area contributed by atoms with Gasteiger partial charge in [-0.2, -0.15) is 0 Å². The van der Waals surface area contributed by atoms with Crippen molar-refractivity contribution in [1.82, 2.24) is 10.2 Å². The molecular formula is C15H15N3O3. The normalized spacial score (nSPS) is 17.8. The third kappa shape index (κ3) is 3.27. The quantitative estimate of drug-likeness (QED) is 0.536. The summed E-state index contributed by atoms with van der Waals surface area (Å²) in [6.45, 7) is 1.73. The number of hydrogen-bond acceptors (Lipinski definition) is 4. The number of carbonyl (C=O) groups is 3. The Balaban J connectivity index is 2.19. The van der Waals surface area contributed by atoms with Gasteiger partial charge in [0, 0.05) is 11.1 Å². The molecule has 1 heterocycles. The second kappa shape index (κ2) is 6.20. The zero-order valence-electron chi connectivity index (χ0n) is 11.6. The average Bonchev–Trinajstić information content (AvgIpc) is 2.48. The lowest BCUT2D eigenvalue weighted by molar-refractivity contribution is -0.138. The number of hydrogen-bond donors (Lipinski definition) is 2. The monoisotopic (exact) mass is 285 g/mol. The highest BCUT2D eigenvalue weighted by atomic mass is 16.2. The van der Waals surface area contributed by atoms with Crippen LogP contribution in [-0.2, 0) is 9.59 Å². The Bertz CT molecular complexity index is 640. The molecule has 1 aromatic carbocycles. The van der Waals surface area contributed by atoms with Gasteiger partial charge in [-0.25, -0.2) is 0 Å². The molecule has 0 saturated carbocycles. The molecule has 0 radical (unpaired) electrons. The minimum atomic E-state index is -0.674. The Hall–Kier alpha value is -2.65. The summed E-state index contributed by atoms with van der Waals surface area (Å²) in [5.74, 6) is 4.27. The van der Waals surface area contributed by atoms with Crippen LogP contribution < -0.4 is 11.1 Å². The number of nitrogens with two attached hydrogens (primary N) is 1. The summed E-state index contributed by atoms with van der Waals surface area (Å²) in [5, 5.41) is 2.20. The molecular weight excluding hydrogens is 270 g/mol. The molecule has 108 valence electrons. The first-order valence-electron chi connectivity index (χ1n) is 6.46. The van der Waals surface area contributed by atoms with Crippen molar-refractivity contribution >= 4 is 17.7 Å². The third-order valence-corrected chi connectivity index (χ3v) is 3.15. The largest absolute Gasteiger partial charge is 0.320 e. The predicted octanol–water partition coefficient (Wildman–Crippen LogP) is -0.516. The zero-order chi connectivity index (χ0) is 15.4. The molecule has 21 heavy (non-hydrogen) atoms. The summed E-state index contributed by atoms with van der Waals surface area (Å²) in [6, 6.07) is 5.96. The lowest BCUT2D eigenvalue weighted by Crippen LogP contribution is -2.58. The molecule has 1 saturated heterocycles. The van der Waals surface area contributed by atoms with Crippen LogP contribution in [0.4, 0.5) is 0 Å². The summed E-state index contributed by atoms with van der Waals surface area (Å²) in [7, 11) is 0. The molecule has 0 aromatic heterocycles. The first kappa shape index (κ1) is 14.8. The van der Waals surface area contributed by atoms with E-state index in [4.69, 9.17) is 5.73 Å². The Morgan fingerprint density at radius 2 is 2.05 bits per heavy atom. The molecule has 6 heteroatoms. The fraction of sp³-hybridized carbons (Fsp3) is 0.267. The number of nitrogens with one attached hydrogen (secondary N) is 1. The van der Waals surface area contributed by atoms with E-state index in [2.05, 4.69) is 17.2 Å². The first-order valence-corrected chi connectivity index (χ1v) is 6.46. The second-order valence-electron chi connectivity index (χ2n) is 4.60. The fourth-order valence-corrected chi connectivity index (χ4v) is 1.98. The highest BCUT2D eigenvalue weighted by Gasteiger charge is 2.33. The van der Waals surface area contributed by atoms with E-state index >= 15 is 0 Å². The van der Waals surface area contributed by atoms with Crippen LogP contribution in [0.2, 0.25) is 0 Å².